The van der Waals surface area contributed by atoms with Gasteiger partial charge < -0.3 is 20.1 Å². The number of hydrogen-bond acceptors (Lipinski definition) is 6. The Morgan fingerprint density at radius 3 is 2.43 bits per heavy atom. The molecule has 28 heavy (non-hydrogen) atoms. The third-order valence-corrected chi connectivity index (χ3v) is 4.06. The second kappa shape index (κ2) is 9.36. The van der Waals surface area contributed by atoms with Crippen LogP contribution in [0.1, 0.15) is 16.1 Å². The number of benzene rings is 2. The van der Waals surface area contributed by atoms with E-state index in [1.807, 2.05) is 48.5 Å². The van der Waals surface area contributed by atoms with Gasteiger partial charge in [0.15, 0.2) is 0 Å². The van der Waals surface area contributed by atoms with Crippen LogP contribution in [0.2, 0.25) is 0 Å². The predicted molar refractivity (Wildman–Crippen MR) is 107 cm³/mol. The summed E-state index contributed by atoms with van der Waals surface area (Å²) in [6, 6.07) is 15.2. The minimum atomic E-state index is -0.261. The first-order valence-electron chi connectivity index (χ1n) is 8.82. The van der Waals surface area contributed by atoms with E-state index in [0.717, 1.165) is 22.7 Å². The molecule has 3 rings (SSSR count). The molecule has 3 aromatic rings. The Bertz CT molecular complexity index is 929. The first kappa shape index (κ1) is 19.2. The molecule has 0 bridgehead atoms. The van der Waals surface area contributed by atoms with Crippen LogP contribution < -0.4 is 20.1 Å². The number of methoxy groups -OCH3 is 2. The Kier molecular flexibility index (Phi) is 6.41. The van der Waals surface area contributed by atoms with Crippen LogP contribution in [0.25, 0.3) is 0 Å². The van der Waals surface area contributed by atoms with Gasteiger partial charge in [-0.1, -0.05) is 18.2 Å². The summed E-state index contributed by atoms with van der Waals surface area (Å²) < 4.78 is 10.4. The molecule has 7 nitrogen and oxygen atoms in total. The summed E-state index contributed by atoms with van der Waals surface area (Å²) in [6.07, 6.45) is 3.67. The lowest BCUT2D eigenvalue weighted by atomic mass is 10.1. The lowest BCUT2D eigenvalue weighted by Gasteiger charge is -2.08. The number of aromatic nitrogens is 2. The maximum absolute atomic E-state index is 12.2. The van der Waals surface area contributed by atoms with Crippen LogP contribution >= 0.6 is 0 Å². The molecule has 0 saturated carbocycles. The van der Waals surface area contributed by atoms with E-state index < -0.39 is 0 Å². The highest BCUT2D eigenvalue weighted by molar-refractivity contribution is 5.92. The summed E-state index contributed by atoms with van der Waals surface area (Å²) in [5, 5.41) is 5.97. The third kappa shape index (κ3) is 5.20. The number of rotatable bonds is 8. The van der Waals surface area contributed by atoms with Crippen molar-refractivity contribution in [3.63, 3.8) is 0 Å². The van der Waals surface area contributed by atoms with E-state index in [-0.39, 0.29) is 11.6 Å². The quantitative estimate of drug-likeness (QED) is 0.626. The molecule has 0 atom stereocenters. The molecule has 2 aromatic carbocycles. The van der Waals surface area contributed by atoms with E-state index in [2.05, 4.69) is 20.6 Å². The Morgan fingerprint density at radius 2 is 1.71 bits per heavy atom. The van der Waals surface area contributed by atoms with Crippen molar-refractivity contribution in [2.45, 2.75) is 6.42 Å². The van der Waals surface area contributed by atoms with Crippen LogP contribution in [-0.2, 0) is 6.42 Å². The lowest BCUT2D eigenvalue weighted by Crippen LogP contribution is -2.26. The number of carbonyl (C=O) groups excluding carboxylic acids is 1. The molecule has 144 valence electrons. The summed E-state index contributed by atoms with van der Waals surface area (Å²) in [7, 11) is 3.24. The van der Waals surface area contributed by atoms with E-state index in [1.165, 1.54) is 12.4 Å². The van der Waals surface area contributed by atoms with E-state index in [9.17, 15) is 4.79 Å². The Labute approximate surface area is 163 Å². The molecule has 0 fully saturated rings. The first-order valence-corrected chi connectivity index (χ1v) is 8.82. The zero-order valence-electron chi connectivity index (χ0n) is 15.8. The van der Waals surface area contributed by atoms with Gasteiger partial charge in [0.25, 0.3) is 5.91 Å². The Balaban J connectivity index is 1.53. The summed E-state index contributed by atoms with van der Waals surface area (Å²) in [5.74, 6) is 1.82. The molecule has 0 aliphatic rings. The fourth-order valence-corrected chi connectivity index (χ4v) is 2.60. The Hall–Kier alpha value is -3.61. The maximum atomic E-state index is 12.2. The molecule has 0 aliphatic heterocycles. The van der Waals surface area contributed by atoms with Crippen molar-refractivity contribution in [1.82, 2.24) is 15.3 Å². The molecule has 1 amide bonds. The van der Waals surface area contributed by atoms with Crippen LogP contribution in [-0.4, -0.2) is 36.6 Å². The largest absolute Gasteiger partial charge is 0.497 e. The van der Waals surface area contributed by atoms with Crippen molar-refractivity contribution in [2.75, 3.05) is 26.1 Å². The van der Waals surface area contributed by atoms with Crippen molar-refractivity contribution >= 4 is 17.4 Å². The van der Waals surface area contributed by atoms with Crippen LogP contribution in [0, 0.1) is 0 Å². The topological polar surface area (TPSA) is 85.4 Å². The van der Waals surface area contributed by atoms with Gasteiger partial charge in [-0.05, 0) is 36.2 Å². The van der Waals surface area contributed by atoms with Crippen molar-refractivity contribution in [1.29, 1.82) is 0 Å². The minimum Gasteiger partial charge on any atom is -0.497 e. The van der Waals surface area contributed by atoms with Crippen molar-refractivity contribution in [3.05, 3.63) is 72.2 Å². The van der Waals surface area contributed by atoms with Gasteiger partial charge >= 0.3 is 0 Å². The van der Waals surface area contributed by atoms with E-state index >= 15 is 0 Å². The molecule has 0 aliphatic carbocycles. The zero-order valence-corrected chi connectivity index (χ0v) is 15.8. The number of nitrogens with zero attached hydrogens (tertiary/aromatic N) is 2. The van der Waals surface area contributed by atoms with Crippen molar-refractivity contribution in [2.24, 2.45) is 0 Å². The standard InChI is InChI=1S/C21H22N4O3/c1-27-17-7-3-5-15(11-17)9-10-22-21(26)19-13-24-20(14-23-19)25-16-6-4-8-18(12-16)28-2/h3-8,11-14H,9-10H2,1-2H3,(H,22,26)(H,24,25). The molecule has 0 spiro atoms. The first-order chi connectivity index (χ1) is 13.7. The molecule has 0 radical (unpaired) electrons. The van der Waals surface area contributed by atoms with Gasteiger partial charge in [0.2, 0.25) is 0 Å². The number of amides is 1. The fourth-order valence-electron chi connectivity index (χ4n) is 2.60. The SMILES string of the molecule is COc1cccc(CCNC(=O)c2cnc(Nc3cccc(OC)c3)cn2)c1. The number of nitrogens with one attached hydrogen (secondary N) is 2. The molecular formula is C21H22N4O3. The highest BCUT2D eigenvalue weighted by Crippen LogP contribution is 2.19. The van der Waals surface area contributed by atoms with E-state index in [1.54, 1.807) is 14.2 Å². The second-order valence-electron chi connectivity index (χ2n) is 6.00. The summed E-state index contributed by atoms with van der Waals surface area (Å²) in [4.78, 5) is 20.7. The van der Waals surface area contributed by atoms with Gasteiger partial charge in [0.05, 0.1) is 26.6 Å². The number of carbonyl (C=O) groups is 1. The molecule has 1 heterocycles. The zero-order chi connectivity index (χ0) is 19.8. The minimum absolute atomic E-state index is 0.261. The molecular weight excluding hydrogens is 356 g/mol. The van der Waals surface area contributed by atoms with E-state index in [4.69, 9.17) is 9.47 Å². The maximum Gasteiger partial charge on any atom is 0.271 e. The van der Waals surface area contributed by atoms with Gasteiger partial charge in [0.1, 0.15) is 23.0 Å². The predicted octanol–water partition coefficient (Wildman–Crippen LogP) is 3.21. The van der Waals surface area contributed by atoms with Gasteiger partial charge in [0, 0.05) is 18.3 Å². The van der Waals surface area contributed by atoms with Gasteiger partial charge in [-0.2, -0.15) is 0 Å². The normalized spacial score (nSPS) is 10.2. The smallest absolute Gasteiger partial charge is 0.271 e. The molecule has 7 heteroatoms. The van der Waals surface area contributed by atoms with E-state index in [0.29, 0.717) is 18.8 Å². The molecule has 0 unspecified atom stereocenters. The average molecular weight is 378 g/mol. The average Bonchev–Trinajstić information content (AvgIpc) is 2.74. The van der Waals surface area contributed by atoms with Crippen LogP contribution in [0.4, 0.5) is 11.5 Å². The van der Waals surface area contributed by atoms with Gasteiger partial charge in [-0.25, -0.2) is 9.97 Å². The summed E-state index contributed by atoms with van der Waals surface area (Å²) >= 11 is 0. The summed E-state index contributed by atoms with van der Waals surface area (Å²) in [5.41, 5.74) is 2.18. The van der Waals surface area contributed by atoms with Crippen LogP contribution in [0.5, 0.6) is 11.5 Å². The van der Waals surface area contributed by atoms with Gasteiger partial charge in [-0.3, -0.25) is 4.79 Å². The molecule has 1 aromatic heterocycles. The van der Waals surface area contributed by atoms with Crippen LogP contribution in [0.15, 0.2) is 60.9 Å². The van der Waals surface area contributed by atoms with Crippen molar-refractivity contribution in [3.8, 4) is 11.5 Å². The highest BCUT2D eigenvalue weighted by atomic mass is 16.5. The second-order valence-corrected chi connectivity index (χ2v) is 6.00. The van der Waals surface area contributed by atoms with Crippen LogP contribution in [0.3, 0.4) is 0 Å². The number of anilines is 2. The third-order valence-electron chi connectivity index (χ3n) is 4.06. The monoisotopic (exact) mass is 378 g/mol. The van der Waals surface area contributed by atoms with Crippen molar-refractivity contribution < 1.29 is 14.3 Å². The molecule has 2 N–H and O–H groups in total. The summed E-state index contributed by atoms with van der Waals surface area (Å²) in [6.45, 7) is 0.498. The fraction of sp³-hybridized carbons (Fsp3) is 0.190. The number of hydrogen-bond donors (Lipinski definition) is 2. The Morgan fingerprint density at radius 1 is 0.964 bits per heavy atom. The molecule has 0 saturated heterocycles. The highest BCUT2D eigenvalue weighted by Gasteiger charge is 2.08. The number of ether oxygens (including phenoxy) is 2. The van der Waals surface area contributed by atoms with Gasteiger partial charge in [-0.15, -0.1) is 0 Å². The lowest BCUT2D eigenvalue weighted by molar-refractivity contribution is 0.0949.